The van der Waals surface area contributed by atoms with E-state index in [0.717, 1.165) is 30.5 Å². The largest absolute Gasteiger partial charge is 0.494 e. The predicted octanol–water partition coefficient (Wildman–Crippen LogP) is 3.69. The summed E-state index contributed by atoms with van der Waals surface area (Å²) in [6, 6.07) is 8.46. The van der Waals surface area contributed by atoms with E-state index < -0.39 is 0 Å². The molecule has 1 atom stereocenters. The molecule has 0 radical (unpaired) electrons. The highest BCUT2D eigenvalue weighted by atomic mass is 16.5. The summed E-state index contributed by atoms with van der Waals surface area (Å²) >= 11 is 0. The molecule has 0 aromatic heterocycles. The Bertz CT molecular complexity index is 375. The third-order valence-corrected chi connectivity index (χ3v) is 4.11. The molecule has 3 heteroatoms. The van der Waals surface area contributed by atoms with Crippen molar-refractivity contribution in [3.05, 3.63) is 24.3 Å². The fourth-order valence-corrected chi connectivity index (χ4v) is 3.04. The lowest BCUT2D eigenvalue weighted by atomic mass is 9.98. The van der Waals surface area contributed by atoms with Gasteiger partial charge in [-0.25, -0.2) is 0 Å². The van der Waals surface area contributed by atoms with Crippen molar-refractivity contribution in [2.45, 2.75) is 51.5 Å². The van der Waals surface area contributed by atoms with Gasteiger partial charge in [0.15, 0.2) is 0 Å². The van der Waals surface area contributed by atoms with E-state index in [1.807, 2.05) is 24.3 Å². The number of likely N-dealkylation sites (tertiary alicyclic amines) is 1. The standard InChI is InChI=1S/C17H28N2O/c1-2-6-16-7-3-4-12-19(16)13-5-14-20-17-10-8-15(18)9-11-17/h8-11,16H,2-7,12-14,18H2,1H3. The van der Waals surface area contributed by atoms with E-state index in [1.165, 1.54) is 45.2 Å². The Kier molecular flexibility index (Phi) is 6.19. The highest BCUT2D eigenvalue weighted by molar-refractivity contribution is 5.41. The van der Waals surface area contributed by atoms with Gasteiger partial charge in [0.1, 0.15) is 5.75 Å². The van der Waals surface area contributed by atoms with Gasteiger partial charge in [-0.05, 0) is 56.5 Å². The molecule has 1 aliphatic rings. The first kappa shape index (κ1) is 15.2. The quantitative estimate of drug-likeness (QED) is 0.609. The van der Waals surface area contributed by atoms with Gasteiger partial charge in [-0.3, -0.25) is 0 Å². The van der Waals surface area contributed by atoms with E-state index in [1.54, 1.807) is 0 Å². The predicted molar refractivity (Wildman–Crippen MR) is 85.1 cm³/mol. The van der Waals surface area contributed by atoms with Crippen molar-refractivity contribution in [1.82, 2.24) is 4.90 Å². The van der Waals surface area contributed by atoms with Crippen LogP contribution < -0.4 is 10.5 Å². The van der Waals surface area contributed by atoms with E-state index in [9.17, 15) is 0 Å². The molecule has 1 saturated heterocycles. The third kappa shape index (κ3) is 4.71. The van der Waals surface area contributed by atoms with Crippen LogP contribution in [0.2, 0.25) is 0 Å². The van der Waals surface area contributed by atoms with Gasteiger partial charge in [-0.2, -0.15) is 0 Å². The van der Waals surface area contributed by atoms with Crippen molar-refractivity contribution in [2.75, 3.05) is 25.4 Å². The number of nitrogen functional groups attached to an aromatic ring is 1. The van der Waals surface area contributed by atoms with Crippen LogP contribution in [0.1, 0.15) is 45.4 Å². The van der Waals surface area contributed by atoms with Gasteiger partial charge in [-0.1, -0.05) is 19.8 Å². The number of benzene rings is 1. The van der Waals surface area contributed by atoms with E-state index in [-0.39, 0.29) is 0 Å². The average Bonchev–Trinajstić information content (AvgIpc) is 2.47. The van der Waals surface area contributed by atoms with Crippen LogP contribution in [0.15, 0.2) is 24.3 Å². The van der Waals surface area contributed by atoms with Crippen LogP contribution in [0.25, 0.3) is 0 Å². The number of nitrogens with two attached hydrogens (primary N) is 1. The maximum absolute atomic E-state index is 5.77. The van der Waals surface area contributed by atoms with Crippen LogP contribution in [0.3, 0.4) is 0 Å². The monoisotopic (exact) mass is 276 g/mol. The van der Waals surface area contributed by atoms with Gasteiger partial charge in [0.25, 0.3) is 0 Å². The molecule has 0 spiro atoms. The van der Waals surface area contributed by atoms with Crippen LogP contribution in [-0.4, -0.2) is 30.6 Å². The first-order valence-electron chi connectivity index (χ1n) is 8.02. The summed E-state index contributed by atoms with van der Waals surface area (Å²) in [6.45, 7) is 5.52. The van der Waals surface area contributed by atoms with Gasteiger partial charge in [0, 0.05) is 18.3 Å². The minimum Gasteiger partial charge on any atom is -0.494 e. The van der Waals surface area contributed by atoms with Gasteiger partial charge >= 0.3 is 0 Å². The number of ether oxygens (including phenoxy) is 1. The SMILES string of the molecule is CCCC1CCCCN1CCCOc1ccc(N)cc1. The Balaban J connectivity index is 1.67. The topological polar surface area (TPSA) is 38.5 Å². The number of anilines is 1. The minimum absolute atomic E-state index is 0.785. The Hall–Kier alpha value is -1.22. The van der Waals surface area contributed by atoms with E-state index in [0.29, 0.717) is 0 Å². The second kappa shape index (κ2) is 8.15. The molecular weight excluding hydrogens is 248 g/mol. The summed E-state index contributed by atoms with van der Waals surface area (Å²) in [5, 5.41) is 0. The van der Waals surface area contributed by atoms with Crippen molar-refractivity contribution in [2.24, 2.45) is 0 Å². The molecule has 1 aliphatic heterocycles. The molecule has 112 valence electrons. The second-order valence-corrected chi connectivity index (χ2v) is 5.75. The van der Waals surface area contributed by atoms with E-state index in [4.69, 9.17) is 10.5 Å². The lowest BCUT2D eigenvalue weighted by Gasteiger charge is -2.35. The molecule has 1 heterocycles. The van der Waals surface area contributed by atoms with Gasteiger partial charge in [0.05, 0.1) is 6.61 Å². The van der Waals surface area contributed by atoms with E-state index in [2.05, 4.69) is 11.8 Å². The van der Waals surface area contributed by atoms with E-state index >= 15 is 0 Å². The Morgan fingerprint density at radius 3 is 2.80 bits per heavy atom. The van der Waals surface area contributed by atoms with Crippen molar-refractivity contribution in [3.63, 3.8) is 0 Å². The smallest absolute Gasteiger partial charge is 0.119 e. The van der Waals surface area contributed by atoms with Crippen LogP contribution >= 0.6 is 0 Å². The molecular formula is C17H28N2O. The lowest BCUT2D eigenvalue weighted by Crippen LogP contribution is -2.40. The van der Waals surface area contributed by atoms with Crippen molar-refractivity contribution in [1.29, 1.82) is 0 Å². The molecule has 1 aromatic rings. The van der Waals surface area contributed by atoms with Crippen LogP contribution in [0, 0.1) is 0 Å². The highest BCUT2D eigenvalue weighted by Crippen LogP contribution is 2.21. The number of hydrogen-bond acceptors (Lipinski definition) is 3. The van der Waals surface area contributed by atoms with Crippen LogP contribution in [0.5, 0.6) is 5.75 Å². The average molecular weight is 276 g/mol. The summed E-state index contributed by atoms with van der Waals surface area (Å²) in [5.41, 5.74) is 6.45. The van der Waals surface area contributed by atoms with Crippen molar-refractivity contribution < 1.29 is 4.74 Å². The highest BCUT2D eigenvalue weighted by Gasteiger charge is 2.20. The molecule has 2 rings (SSSR count). The molecule has 1 fully saturated rings. The summed E-state index contributed by atoms with van der Waals surface area (Å²) in [7, 11) is 0. The summed E-state index contributed by atoms with van der Waals surface area (Å²) in [4.78, 5) is 2.67. The summed E-state index contributed by atoms with van der Waals surface area (Å²) in [6.07, 6.45) is 7.89. The molecule has 1 aromatic carbocycles. The first-order chi connectivity index (χ1) is 9.79. The summed E-state index contributed by atoms with van der Waals surface area (Å²) < 4.78 is 5.77. The molecule has 0 saturated carbocycles. The molecule has 1 unspecified atom stereocenters. The second-order valence-electron chi connectivity index (χ2n) is 5.75. The normalized spacial score (nSPS) is 19.9. The third-order valence-electron chi connectivity index (χ3n) is 4.11. The Morgan fingerprint density at radius 2 is 2.05 bits per heavy atom. The van der Waals surface area contributed by atoms with Crippen LogP contribution in [-0.2, 0) is 0 Å². The van der Waals surface area contributed by atoms with Crippen LogP contribution in [0.4, 0.5) is 5.69 Å². The number of hydrogen-bond donors (Lipinski definition) is 1. The molecule has 20 heavy (non-hydrogen) atoms. The zero-order valence-corrected chi connectivity index (χ0v) is 12.7. The fourth-order valence-electron chi connectivity index (χ4n) is 3.04. The number of piperidine rings is 1. The Morgan fingerprint density at radius 1 is 1.25 bits per heavy atom. The molecule has 0 amide bonds. The molecule has 3 nitrogen and oxygen atoms in total. The van der Waals surface area contributed by atoms with Gasteiger partial charge in [0.2, 0.25) is 0 Å². The fraction of sp³-hybridized carbons (Fsp3) is 0.647. The zero-order valence-electron chi connectivity index (χ0n) is 12.7. The molecule has 2 N–H and O–H groups in total. The maximum atomic E-state index is 5.77. The molecule has 0 bridgehead atoms. The van der Waals surface area contributed by atoms with Crippen molar-refractivity contribution in [3.8, 4) is 5.75 Å². The summed E-state index contributed by atoms with van der Waals surface area (Å²) in [5.74, 6) is 0.919. The number of rotatable bonds is 7. The molecule has 0 aliphatic carbocycles. The number of nitrogens with zero attached hydrogens (tertiary/aromatic N) is 1. The van der Waals surface area contributed by atoms with Gasteiger partial charge in [-0.15, -0.1) is 0 Å². The first-order valence-corrected chi connectivity index (χ1v) is 8.02. The van der Waals surface area contributed by atoms with Crippen molar-refractivity contribution >= 4 is 5.69 Å². The Labute approximate surface area is 123 Å². The zero-order chi connectivity index (χ0) is 14.2. The van der Waals surface area contributed by atoms with Gasteiger partial charge < -0.3 is 15.4 Å². The maximum Gasteiger partial charge on any atom is 0.119 e. The minimum atomic E-state index is 0.785. The lowest BCUT2D eigenvalue weighted by molar-refractivity contribution is 0.130.